The van der Waals surface area contributed by atoms with Crippen molar-refractivity contribution < 1.29 is 14.3 Å². The first-order valence-corrected chi connectivity index (χ1v) is 11.5. The van der Waals surface area contributed by atoms with Crippen LogP contribution in [0.4, 0.5) is 0 Å². The third kappa shape index (κ3) is 7.25. The number of nitrogens with one attached hydrogen (secondary N) is 1. The van der Waals surface area contributed by atoms with Crippen molar-refractivity contribution >= 4 is 39.3 Å². The smallest absolute Gasteiger partial charge is 0.261 e. The summed E-state index contributed by atoms with van der Waals surface area (Å²) in [6, 6.07) is 10.7. The van der Waals surface area contributed by atoms with E-state index in [4.69, 9.17) is 16.3 Å². The van der Waals surface area contributed by atoms with Crippen LogP contribution in [0.25, 0.3) is 0 Å². The Morgan fingerprint density at radius 3 is 2.26 bits per heavy atom. The van der Waals surface area contributed by atoms with E-state index in [-0.39, 0.29) is 24.5 Å². The number of aryl methyl sites for hydroxylation is 2. The molecule has 168 valence electrons. The molecule has 0 bridgehead atoms. The van der Waals surface area contributed by atoms with E-state index in [9.17, 15) is 9.59 Å². The largest absolute Gasteiger partial charge is 0.484 e. The second-order valence-corrected chi connectivity index (χ2v) is 9.10. The van der Waals surface area contributed by atoms with E-state index in [0.29, 0.717) is 17.3 Å². The quantitative estimate of drug-likeness (QED) is 0.490. The summed E-state index contributed by atoms with van der Waals surface area (Å²) in [5.41, 5.74) is 2.70. The fraction of sp³-hybridized carbons (Fsp3) is 0.417. The number of amides is 2. The fourth-order valence-electron chi connectivity index (χ4n) is 3.05. The minimum absolute atomic E-state index is 0.0378. The Kier molecular flexibility index (Phi) is 9.38. The highest BCUT2D eigenvalue weighted by Crippen LogP contribution is 2.26. The number of halogens is 2. The third-order valence-corrected chi connectivity index (χ3v) is 6.33. The van der Waals surface area contributed by atoms with Gasteiger partial charge in [-0.2, -0.15) is 0 Å². The summed E-state index contributed by atoms with van der Waals surface area (Å²) in [5, 5.41) is 3.64. The minimum Gasteiger partial charge on any atom is -0.484 e. The van der Waals surface area contributed by atoms with Crippen molar-refractivity contribution in [3.05, 3.63) is 62.6 Å². The Bertz CT molecular complexity index is 895. The number of hydrogen-bond donors (Lipinski definition) is 1. The molecule has 0 aliphatic heterocycles. The van der Waals surface area contributed by atoms with Gasteiger partial charge < -0.3 is 15.0 Å². The van der Waals surface area contributed by atoms with Gasteiger partial charge in [-0.3, -0.25) is 9.59 Å². The molecule has 0 saturated carbocycles. The molecular formula is C24H30BrClN2O3. The van der Waals surface area contributed by atoms with Crippen LogP contribution in [0, 0.1) is 13.8 Å². The molecule has 0 radical (unpaired) electrons. The molecule has 0 aromatic heterocycles. The van der Waals surface area contributed by atoms with Gasteiger partial charge in [0.1, 0.15) is 11.8 Å². The maximum Gasteiger partial charge on any atom is 0.261 e. The summed E-state index contributed by atoms with van der Waals surface area (Å²) in [5.74, 6) is 0.131. The summed E-state index contributed by atoms with van der Waals surface area (Å²) in [6.07, 6.45) is 0.817. The lowest BCUT2D eigenvalue weighted by Crippen LogP contribution is -2.50. The van der Waals surface area contributed by atoms with Crippen LogP contribution in [-0.2, 0) is 16.1 Å². The van der Waals surface area contributed by atoms with E-state index >= 15 is 0 Å². The number of hydrogen-bond acceptors (Lipinski definition) is 3. The molecule has 2 atom stereocenters. The summed E-state index contributed by atoms with van der Waals surface area (Å²) in [7, 11) is 0. The van der Waals surface area contributed by atoms with Gasteiger partial charge in [-0.1, -0.05) is 46.6 Å². The molecule has 1 N–H and O–H groups in total. The molecule has 5 nitrogen and oxygen atoms in total. The lowest BCUT2D eigenvalue weighted by atomic mass is 10.1. The van der Waals surface area contributed by atoms with Crippen molar-refractivity contribution in [2.45, 2.75) is 59.7 Å². The Morgan fingerprint density at radius 2 is 1.71 bits per heavy atom. The molecule has 0 saturated heterocycles. The summed E-state index contributed by atoms with van der Waals surface area (Å²) >= 11 is 9.64. The predicted octanol–water partition coefficient (Wildman–Crippen LogP) is 5.43. The van der Waals surface area contributed by atoms with Gasteiger partial charge in [0.05, 0.1) is 0 Å². The van der Waals surface area contributed by atoms with Gasteiger partial charge in [0.2, 0.25) is 5.91 Å². The number of carbonyl (C=O) groups excluding carboxylic acids is 2. The van der Waals surface area contributed by atoms with Crippen molar-refractivity contribution in [3.8, 4) is 5.75 Å². The highest BCUT2D eigenvalue weighted by Gasteiger charge is 2.27. The van der Waals surface area contributed by atoms with Gasteiger partial charge in [-0.15, -0.1) is 0 Å². The molecule has 2 unspecified atom stereocenters. The normalized spacial score (nSPS) is 12.7. The number of carbonyl (C=O) groups is 2. The molecule has 2 rings (SSSR count). The van der Waals surface area contributed by atoms with Gasteiger partial charge in [0.15, 0.2) is 6.61 Å². The van der Waals surface area contributed by atoms with Crippen molar-refractivity contribution in [3.63, 3.8) is 0 Å². The van der Waals surface area contributed by atoms with Crippen LogP contribution in [0.2, 0.25) is 5.02 Å². The van der Waals surface area contributed by atoms with E-state index in [2.05, 4.69) is 21.2 Å². The Morgan fingerprint density at radius 1 is 1.13 bits per heavy atom. The number of rotatable bonds is 9. The second-order valence-electron chi connectivity index (χ2n) is 7.80. The molecule has 7 heteroatoms. The van der Waals surface area contributed by atoms with Gasteiger partial charge in [-0.25, -0.2) is 0 Å². The molecule has 0 heterocycles. The minimum atomic E-state index is -0.637. The van der Waals surface area contributed by atoms with Crippen LogP contribution in [0.15, 0.2) is 40.9 Å². The first kappa shape index (κ1) is 25.2. The maximum atomic E-state index is 13.1. The first-order valence-electron chi connectivity index (χ1n) is 10.4. The third-order valence-electron chi connectivity index (χ3n) is 5.21. The lowest BCUT2D eigenvalue weighted by Gasteiger charge is -2.29. The van der Waals surface area contributed by atoms with E-state index in [1.54, 1.807) is 24.0 Å². The Hall–Kier alpha value is -2.05. The lowest BCUT2D eigenvalue weighted by molar-refractivity contribution is -0.142. The molecule has 0 spiro atoms. The molecule has 0 fully saturated rings. The van der Waals surface area contributed by atoms with Crippen LogP contribution in [-0.4, -0.2) is 35.4 Å². The second kappa shape index (κ2) is 11.5. The van der Waals surface area contributed by atoms with Crippen LogP contribution in [0.1, 0.15) is 43.9 Å². The molecule has 2 amide bonds. The molecule has 0 aliphatic rings. The van der Waals surface area contributed by atoms with Gasteiger partial charge in [0, 0.05) is 22.1 Å². The van der Waals surface area contributed by atoms with Crippen molar-refractivity contribution in [1.82, 2.24) is 10.2 Å². The highest BCUT2D eigenvalue weighted by atomic mass is 79.9. The van der Waals surface area contributed by atoms with E-state index < -0.39 is 6.04 Å². The molecule has 31 heavy (non-hydrogen) atoms. The molecular weight excluding hydrogens is 480 g/mol. The number of benzene rings is 2. The number of ether oxygens (including phenoxy) is 1. The predicted molar refractivity (Wildman–Crippen MR) is 128 cm³/mol. The zero-order valence-electron chi connectivity index (χ0n) is 18.7. The zero-order chi connectivity index (χ0) is 23.1. The standard InChI is InChI=1S/C24H30BrClN2O3/c1-6-17(4)27-24(30)18(5)28(13-19-7-9-20(25)10-8-19)22(29)14-31-21-11-15(2)23(26)16(3)12-21/h7-12,17-18H,6,13-14H2,1-5H3,(H,27,30). The summed E-state index contributed by atoms with van der Waals surface area (Å²) in [4.78, 5) is 27.4. The van der Waals surface area contributed by atoms with Crippen molar-refractivity contribution in [1.29, 1.82) is 0 Å². The average molecular weight is 510 g/mol. The monoisotopic (exact) mass is 508 g/mol. The maximum absolute atomic E-state index is 13.1. The summed E-state index contributed by atoms with van der Waals surface area (Å²) < 4.78 is 6.72. The van der Waals surface area contributed by atoms with Gasteiger partial charge in [-0.05, 0) is 75.1 Å². The Balaban J connectivity index is 2.18. The van der Waals surface area contributed by atoms with Crippen LogP contribution in [0.3, 0.4) is 0 Å². The van der Waals surface area contributed by atoms with Crippen LogP contribution in [0.5, 0.6) is 5.75 Å². The van der Waals surface area contributed by atoms with E-state index in [1.807, 2.05) is 52.0 Å². The Labute approximate surface area is 198 Å². The zero-order valence-corrected chi connectivity index (χ0v) is 21.0. The topological polar surface area (TPSA) is 58.6 Å². The molecule has 2 aromatic carbocycles. The average Bonchev–Trinajstić information content (AvgIpc) is 2.74. The van der Waals surface area contributed by atoms with Crippen molar-refractivity contribution in [2.75, 3.05) is 6.61 Å². The van der Waals surface area contributed by atoms with E-state index in [0.717, 1.165) is 27.6 Å². The molecule has 2 aromatic rings. The summed E-state index contributed by atoms with van der Waals surface area (Å²) in [6.45, 7) is 9.62. The molecule has 0 aliphatic carbocycles. The first-order chi connectivity index (χ1) is 14.6. The fourth-order valence-corrected chi connectivity index (χ4v) is 3.43. The highest BCUT2D eigenvalue weighted by molar-refractivity contribution is 9.10. The van der Waals surface area contributed by atoms with E-state index in [1.165, 1.54) is 0 Å². The van der Waals surface area contributed by atoms with Crippen LogP contribution < -0.4 is 10.1 Å². The number of nitrogens with zero attached hydrogens (tertiary/aromatic N) is 1. The SMILES string of the molecule is CCC(C)NC(=O)C(C)N(Cc1ccc(Br)cc1)C(=O)COc1cc(C)c(Cl)c(C)c1. The van der Waals surface area contributed by atoms with Gasteiger partial charge in [0.25, 0.3) is 5.91 Å². The van der Waals surface area contributed by atoms with Crippen molar-refractivity contribution in [2.24, 2.45) is 0 Å². The van der Waals surface area contributed by atoms with Gasteiger partial charge >= 0.3 is 0 Å². The van der Waals surface area contributed by atoms with Crippen LogP contribution >= 0.6 is 27.5 Å².